The van der Waals surface area contributed by atoms with Crippen molar-refractivity contribution in [1.29, 1.82) is 0 Å². The number of nitrogens with zero attached hydrogens (tertiary/aromatic N) is 4. The fourth-order valence-corrected chi connectivity index (χ4v) is 9.92. The number of carboxylic acid groups (broad SMARTS) is 1. The summed E-state index contributed by atoms with van der Waals surface area (Å²) in [4.78, 5) is 58.1. The maximum atomic E-state index is 13.5. The van der Waals surface area contributed by atoms with Crippen LogP contribution in [-0.2, 0) is 28.7 Å². The Balaban J connectivity index is 0.824. The highest BCUT2D eigenvalue weighted by Gasteiger charge is 2.39. The molecule has 9 rings (SSSR count). The lowest BCUT2D eigenvalue weighted by Gasteiger charge is -2.40. The predicted octanol–water partition coefficient (Wildman–Crippen LogP) is 7.50. The van der Waals surface area contributed by atoms with E-state index in [0.717, 1.165) is 128 Å². The van der Waals surface area contributed by atoms with Gasteiger partial charge in [0.05, 0.1) is 11.1 Å². The number of aryl methyl sites for hydroxylation is 1. The molecule has 61 heavy (non-hydrogen) atoms. The number of imide groups is 1. The maximum Gasteiger partial charge on any atom is 0.416 e. The summed E-state index contributed by atoms with van der Waals surface area (Å²) in [6.45, 7) is 6.96. The molecule has 1 atom stereocenters. The van der Waals surface area contributed by atoms with E-state index in [0.29, 0.717) is 37.3 Å². The van der Waals surface area contributed by atoms with Gasteiger partial charge in [-0.1, -0.05) is 30.3 Å². The Morgan fingerprint density at radius 1 is 0.705 bits per heavy atom. The van der Waals surface area contributed by atoms with Crippen molar-refractivity contribution in [3.05, 3.63) is 129 Å². The van der Waals surface area contributed by atoms with Crippen LogP contribution in [0.5, 0.6) is 0 Å². The first kappa shape index (κ1) is 40.5. The molecule has 10 nitrogen and oxygen atoms in total. The number of amides is 3. The Hall–Kier alpha value is -5.95. The van der Waals surface area contributed by atoms with Crippen molar-refractivity contribution in [3.63, 3.8) is 0 Å². The van der Waals surface area contributed by atoms with Crippen molar-refractivity contribution in [2.24, 2.45) is 5.92 Å². The van der Waals surface area contributed by atoms with Gasteiger partial charge in [0.1, 0.15) is 6.04 Å². The van der Waals surface area contributed by atoms with Crippen LogP contribution in [0.15, 0.2) is 84.9 Å². The number of anilines is 2. The number of hydrogen-bond donors (Lipinski definition) is 2. The second-order valence-corrected chi connectivity index (χ2v) is 17.0. The van der Waals surface area contributed by atoms with Crippen molar-refractivity contribution < 1.29 is 37.5 Å². The van der Waals surface area contributed by atoms with Gasteiger partial charge in [-0.3, -0.25) is 24.6 Å². The summed E-state index contributed by atoms with van der Waals surface area (Å²) in [7, 11) is 0. The smallest absolute Gasteiger partial charge is 0.416 e. The maximum absolute atomic E-state index is 13.5. The van der Waals surface area contributed by atoms with Gasteiger partial charge in [0.15, 0.2) is 0 Å². The highest BCUT2D eigenvalue weighted by Crippen LogP contribution is 2.42. The second-order valence-electron chi connectivity index (χ2n) is 17.0. The quantitative estimate of drug-likeness (QED) is 0.176. The molecule has 0 saturated carbocycles. The lowest BCUT2D eigenvalue weighted by molar-refractivity contribution is -0.138. The van der Waals surface area contributed by atoms with Crippen LogP contribution in [0, 0.1) is 5.92 Å². The fraction of sp³-hybridized carbons (Fsp3) is 0.375. The molecule has 13 heteroatoms. The number of carboxylic acids is 1. The number of rotatable bonds is 8. The number of carbonyl (C=O) groups is 4. The number of hydrogen-bond acceptors (Lipinski definition) is 7. The molecule has 4 aromatic carbocycles. The summed E-state index contributed by atoms with van der Waals surface area (Å²) in [5.74, 6) is -1.26. The molecule has 0 spiro atoms. The normalized spacial score (nSPS) is 20.4. The minimum atomic E-state index is -4.43. The fourth-order valence-electron chi connectivity index (χ4n) is 9.92. The molecule has 316 valence electrons. The molecular weight excluding hydrogens is 784 g/mol. The molecule has 3 amide bonds. The molecule has 4 heterocycles. The second kappa shape index (κ2) is 16.5. The SMILES string of the molecule is O=C1CC[C@H](N2Cc3cc(N4CCN(CC5CCN(c6ccc(C7=C(c8ccc(C(F)(F)F)cc8)CCCc8cc(C(=O)O)ccc87)cc6)CC5)CC4)ccc3C2=O)C(=O)N1. The third-order valence-corrected chi connectivity index (χ3v) is 13.3. The van der Waals surface area contributed by atoms with Crippen molar-refractivity contribution in [2.45, 2.75) is 63.7 Å². The number of piperazine rings is 1. The number of allylic oxidation sites excluding steroid dienone is 1. The van der Waals surface area contributed by atoms with Gasteiger partial charge in [-0.25, -0.2) is 4.79 Å². The van der Waals surface area contributed by atoms with E-state index in [1.165, 1.54) is 0 Å². The first-order valence-electron chi connectivity index (χ1n) is 21.3. The van der Waals surface area contributed by atoms with Crippen molar-refractivity contribution >= 4 is 46.2 Å². The van der Waals surface area contributed by atoms with Crippen LogP contribution >= 0.6 is 0 Å². The lowest BCUT2D eigenvalue weighted by atomic mass is 9.87. The average molecular weight is 832 g/mol. The molecule has 1 aliphatic carbocycles. The molecular formula is C48H48F3N5O5. The lowest BCUT2D eigenvalue weighted by Crippen LogP contribution is -2.52. The summed E-state index contributed by atoms with van der Waals surface area (Å²) >= 11 is 0. The van der Waals surface area contributed by atoms with Gasteiger partial charge < -0.3 is 19.8 Å². The summed E-state index contributed by atoms with van der Waals surface area (Å²) in [5.41, 5.74) is 8.66. The number of fused-ring (bicyclic) bond motifs is 2. The molecule has 0 radical (unpaired) electrons. The van der Waals surface area contributed by atoms with E-state index in [4.69, 9.17) is 0 Å². The molecule has 4 aliphatic heterocycles. The summed E-state index contributed by atoms with van der Waals surface area (Å²) in [5, 5.41) is 12.1. The van der Waals surface area contributed by atoms with E-state index in [2.05, 4.69) is 50.3 Å². The molecule has 5 aliphatic rings. The Morgan fingerprint density at radius 2 is 1.38 bits per heavy atom. The molecule has 4 aromatic rings. The van der Waals surface area contributed by atoms with Gasteiger partial charge in [-0.2, -0.15) is 13.2 Å². The van der Waals surface area contributed by atoms with Crippen LogP contribution in [0.25, 0.3) is 11.1 Å². The largest absolute Gasteiger partial charge is 0.478 e. The van der Waals surface area contributed by atoms with Gasteiger partial charge in [-0.05, 0) is 138 Å². The zero-order chi connectivity index (χ0) is 42.4. The average Bonchev–Trinajstić information content (AvgIpc) is 3.45. The molecule has 3 fully saturated rings. The van der Waals surface area contributed by atoms with Crippen LogP contribution in [0.2, 0.25) is 0 Å². The van der Waals surface area contributed by atoms with Crippen LogP contribution in [0.4, 0.5) is 24.5 Å². The van der Waals surface area contributed by atoms with Gasteiger partial charge in [-0.15, -0.1) is 0 Å². The first-order valence-corrected chi connectivity index (χ1v) is 21.3. The highest BCUT2D eigenvalue weighted by atomic mass is 19.4. The van der Waals surface area contributed by atoms with Gasteiger partial charge >= 0.3 is 12.1 Å². The Morgan fingerprint density at radius 3 is 2.07 bits per heavy atom. The van der Waals surface area contributed by atoms with E-state index in [1.54, 1.807) is 29.2 Å². The standard InChI is InChI=1S/C48H48F3N5O5/c49-48(50,51)36-9-4-31(5-10-36)39-3-1-2-33-26-34(47(60)61)8-14-40(33)44(39)32-6-11-37(12-7-32)54-20-18-30(19-21-54)28-53-22-24-55(25-23-53)38-13-15-41-35(27-38)29-56(46(41)59)42-16-17-43(57)52-45(42)58/h4-15,26-27,30,42H,1-3,16-25,28-29H2,(H,60,61)(H,52,57,58)/t42-/m0/s1. The van der Waals surface area contributed by atoms with Gasteiger partial charge in [0, 0.05) is 75.7 Å². The van der Waals surface area contributed by atoms with E-state index in [-0.39, 0.29) is 23.8 Å². The van der Waals surface area contributed by atoms with E-state index in [1.807, 2.05) is 18.2 Å². The minimum Gasteiger partial charge on any atom is -0.478 e. The van der Waals surface area contributed by atoms with E-state index >= 15 is 0 Å². The number of piperidine rings is 2. The molecule has 0 bridgehead atoms. The number of nitrogens with one attached hydrogen (secondary N) is 1. The van der Waals surface area contributed by atoms with E-state index in [9.17, 15) is 37.5 Å². The summed E-state index contributed by atoms with van der Waals surface area (Å²) in [6.07, 6.45) is 0.357. The zero-order valence-electron chi connectivity index (χ0n) is 33.8. The van der Waals surface area contributed by atoms with Crippen LogP contribution in [-0.4, -0.2) is 90.5 Å². The topological polar surface area (TPSA) is 114 Å². The number of alkyl halides is 3. The third kappa shape index (κ3) is 8.27. The predicted molar refractivity (Wildman–Crippen MR) is 226 cm³/mol. The van der Waals surface area contributed by atoms with Crippen LogP contribution < -0.4 is 15.1 Å². The van der Waals surface area contributed by atoms with Crippen molar-refractivity contribution in [1.82, 2.24) is 15.1 Å². The highest BCUT2D eigenvalue weighted by molar-refractivity contribution is 6.05. The van der Waals surface area contributed by atoms with E-state index < -0.39 is 29.7 Å². The van der Waals surface area contributed by atoms with Crippen LogP contribution in [0.3, 0.4) is 0 Å². The first-order chi connectivity index (χ1) is 29.4. The minimum absolute atomic E-state index is 0.157. The monoisotopic (exact) mass is 831 g/mol. The van der Waals surface area contributed by atoms with Gasteiger partial charge in [0.2, 0.25) is 11.8 Å². The third-order valence-electron chi connectivity index (χ3n) is 13.3. The summed E-state index contributed by atoms with van der Waals surface area (Å²) in [6, 6.07) is 24.3. The molecule has 0 unspecified atom stereocenters. The number of aromatic carboxylic acids is 1. The van der Waals surface area contributed by atoms with Crippen molar-refractivity contribution in [3.8, 4) is 0 Å². The Bertz CT molecular complexity index is 2400. The number of halogens is 3. The Labute approximate surface area is 352 Å². The molecule has 0 aromatic heterocycles. The van der Waals surface area contributed by atoms with Gasteiger partial charge in [0.25, 0.3) is 5.91 Å². The molecule has 3 saturated heterocycles. The number of benzene rings is 4. The molecule has 2 N–H and O–H groups in total. The van der Waals surface area contributed by atoms with Crippen LogP contribution in [0.1, 0.15) is 92.6 Å². The van der Waals surface area contributed by atoms with Crippen molar-refractivity contribution in [2.75, 3.05) is 55.6 Å². The Kier molecular flexibility index (Phi) is 10.9. The zero-order valence-corrected chi connectivity index (χ0v) is 33.8. The summed E-state index contributed by atoms with van der Waals surface area (Å²) < 4.78 is 40.4. The number of carbonyl (C=O) groups excluding carboxylic acids is 3.